The van der Waals surface area contributed by atoms with Crippen LogP contribution < -0.4 is 10.4 Å². The molecule has 0 amide bonds. The van der Waals surface area contributed by atoms with E-state index in [1.54, 1.807) is 31.6 Å². The van der Waals surface area contributed by atoms with Crippen LogP contribution in [0.4, 0.5) is 8.78 Å². The second-order valence-electron chi connectivity index (χ2n) is 9.02. The molecule has 2 aromatic carbocycles. The second kappa shape index (κ2) is 8.39. The summed E-state index contributed by atoms with van der Waals surface area (Å²) in [7, 11) is 1.64. The molecule has 0 saturated heterocycles. The van der Waals surface area contributed by atoms with Crippen molar-refractivity contribution in [3.8, 4) is 11.4 Å². The fourth-order valence-corrected chi connectivity index (χ4v) is 5.50. The first-order valence-electron chi connectivity index (χ1n) is 11.1. The van der Waals surface area contributed by atoms with Crippen LogP contribution in [-0.4, -0.2) is 9.13 Å². The lowest BCUT2D eigenvalue weighted by Crippen LogP contribution is -2.20. The number of hydrogen-bond acceptors (Lipinski definition) is 2. The highest BCUT2D eigenvalue weighted by Gasteiger charge is 2.38. The van der Waals surface area contributed by atoms with Gasteiger partial charge in [0.05, 0.1) is 5.69 Å². The zero-order chi connectivity index (χ0) is 22.4. The minimum Gasteiger partial charge on any atom is -0.482 e. The van der Waals surface area contributed by atoms with E-state index in [1.165, 1.54) is 53.0 Å². The third-order valence-corrected chi connectivity index (χ3v) is 7.12. The molecule has 1 heterocycles. The average molecular weight is 459 g/mol. The molecule has 7 heteroatoms. The van der Waals surface area contributed by atoms with E-state index in [0.717, 1.165) is 6.42 Å². The number of nitrogens with zero attached hydrogens (tertiary/aromatic N) is 2. The first kappa shape index (κ1) is 21.3. The average Bonchev–Trinajstić information content (AvgIpc) is 3.46. The molecule has 0 spiro atoms. The van der Waals surface area contributed by atoms with Crippen molar-refractivity contribution in [2.75, 3.05) is 0 Å². The number of aromatic nitrogens is 2. The summed E-state index contributed by atoms with van der Waals surface area (Å²) < 4.78 is 38.7. The molecule has 0 radical (unpaired) electrons. The topological polar surface area (TPSA) is 36.2 Å². The molecule has 0 aliphatic heterocycles. The lowest BCUT2D eigenvalue weighted by molar-refractivity contribution is 0.126. The van der Waals surface area contributed by atoms with Gasteiger partial charge in [-0.05, 0) is 48.6 Å². The van der Waals surface area contributed by atoms with Crippen LogP contribution in [0.3, 0.4) is 0 Å². The van der Waals surface area contributed by atoms with Gasteiger partial charge in [-0.25, -0.2) is 13.6 Å². The van der Waals surface area contributed by atoms with Crippen molar-refractivity contribution in [1.82, 2.24) is 9.13 Å². The van der Waals surface area contributed by atoms with Crippen molar-refractivity contribution in [1.29, 1.82) is 0 Å². The lowest BCUT2D eigenvalue weighted by Gasteiger charge is -2.25. The Morgan fingerprint density at radius 3 is 2.56 bits per heavy atom. The van der Waals surface area contributed by atoms with Crippen LogP contribution in [0, 0.1) is 23.5 Å². The van der Waals surface area contributed by atoms with Crippen LogP contribution in [-0.2, 0) is 13.5 Å². The first-order chi connectivity index (χ1) is 15.4. The van der Waals surface area contributed by atoms with Gasteiger partial charge in [-0.2, -0.15) is 0 Å². The highest BCUT2D eigenvalue weighted by Crippen LogP contribution is 2.46. The Balaban J connectivity index is 1.46. The summed E-state index contributed by atoms with van der Waals surface area (Å²) in [5, 5.41) is 0.315. The molecule has 0 unspecified atom stereocenters. The van der Waals surface area contributed by atoms with Crippen LogP contribution in [0.15, 0.2) is 47.5 Å². The number of fused-ring (bicyclic) bond motifs is 1. The first-order valence-corrected chi connectivity index (χ1v) is 11.5. The van der Waals surface area contributed by atoms with E-state index in [1.807, 2.05) is 0 Å². The van der Waals surface area contributed by atoms with Gasteiger partial charge in [0, 0.05) is 42.0 Å². The van der Waals surface area contributed by atoms with Gasteiger partial charge in [0.1, 0.15) is 11.9 Å². The van der Waals surface area contributed by atoms with Crippen molar-refractivity contribution >= 4 is 11.6 Å². The van der Waals surface area contributed by atoms with Gasteiger partial charge in [0.2, 0.25) is 0 Å². The summed E-state index contributed by atoms with van der Waals surface area (Å²) >= 11 is 6.15. The number of halogens is 3. The Labute approximate surface area is 190 Å². The molecule has 0 N–H and O–H groups in total. The molecule has 3 aromatic rings. The predicted octanol–water partition coefficient (Wildman–Crippen LogP) is 5.98. The highest BCUT2D eigenvalue weighted by molar-refractivity contribution is 6.30. The third-order valence-electron chi connectivity index (χ3n) is 6.90. The molecule has 32 heavy (non-hydrogen) atoms. The summed E-state index contributed by atoms with van der Waals surface area (Å²) in [5.74, 6) is -0.136. The summed E-state index contributed by atoms with van der Waals surface area (Å²) in [6.07, 6.45) is 9.05. The second-order valence-corrected chi connectivity index (χ2v) is 9.46. The molecule has 1 fully saturated rings. The lowest BCUT2D eigenvalue weighted by atomic mass is 9.89. The SMILES string of the molecule is Cn1ccn(-c2ccc(O[C@H]3c4cc(Cl)cc(F)c4C[C@@H]3CC3CCCC3)c(F)c2)c1=O. The molecule has 2 aliphatic rings. The van der Waals surface area contributed by atoms with Gasteiger partial charge in [0.25, 0.3) is 0 Å². The minimum absolute atomic E-state index is 0.0666. The quantitative estimate of drug-likeness (QED) is 0.471. The number of ether oxygens (including phenoxy) is 1. The molecule has 2 atom stereocenters. The molecular formula is C25H25ClF2N2O2. The number of rotatable bonds is 5. The van der Waals surface area contributed by atoms with E-state index in [-0.39, 0.29) is 23.2 Å². The zero-order valence-corrected chi connectivity index (χ0v) is 18.6. The largest absolute Gasteiger partial charge is 0.482 e. The summed E-state index contributed by atoms with van der Waals surface area (Å²) in [4.78, 5) is 12.2. The van der Waals surface area contributed by atoms with Crippen LogP contribution in [0.5, 0.6) is 5.75 Å². The van der Waals surface area contributed by atoms with Crippen LogP contribution in [0.2, 0.25) is 5.02 Å². The molecule has 168 valence electrons. The standard InChI is InChI=1S/C25H25ClF2N2O2/c1-29-8-9-30(25(29)31)18-6-7-23(22(28)14-18)32-24-16(10-15-4-2-3-5-15)11-19-20(24)12-17(26)13-21(19)27/h6-9,12-16,24H,2-5,10-11H2,1H3/t16-,24+/m0/s1. The van der Waals surface area contributed by atoms with Crippen LogP contribution in [0.1, 0.15) is 49.3 Å². The molecule has 0 bridgehead atoms. The van der Waals surface area contributed by atoms with Crippen molar-refractivity contribution in [2.24, 2.45) is 18.9 Å². The van der Waals surface area contributed by atoms with E-state index in [0.29, 0.717) is 34.2 Å². The Morgan fingerprint density at radius 1 is 1.09 bits per heavy atom. The highest BCUT2D eigenvalue weighted by atomic mass is 35.5. The maximum atomic E-state index is 15.0. The van der Waals surface area contributed by atoms with Gasteiger partial charge in [-0.15, -0.1) is 0 Å². The molecule has 1 aromatic heterocycles. The van der Waals surface area contributed by atoms with Crippen molar-refractivity contribution in [3.63, 3.8) is 0 Å². The Morgan fingerprint density at radius 2 is 1.88 bits per heavy atom. The van der Waals surface area contributed by atoms with Gasteiger partial charge >= 0.3 is 5.69 Å². The van der Waals surface area contributed by atoms with Gasteiger partial charge < -0.3 is 9.30 Å². The van der Waals surface area contributed by atoms with Gasteiger partial charge in [-0.3, -0.25) is 4.57 Å². The Kier molecular flexibility index (Phi) is 5.58. The number of aryl methyl sites for hydroxylation is 1. The van der Waals surface area contributed by atoms with Gasteiger partial charge in [-0.1, -0.05) is 37.3 Å². The Hall–Kier alpha value is -2.60. The smallest absolute Gasteiger partial charge is 0.332 e. The summed E-state index contributed by atoms with van der Waals surface area (Å²) in [5.41, 5.74) is 1.49. The normalized spacial score (nSPS) is 20.6. The molecular weight excluding hydrogens is 434 g/mol. The van der Waals surface area contributed by atoms with E-state index in [4.69, 9.17) is 16.3 Å². The fraction of sp³-hybridized carbons (Fsp3) is 0.400. The van der Waals surface area contributed by atoms with Crippen molar-refractivity contribution in [3.05, 3.63) is 81.0 Å². The monoisotopic (exact) mass is 458 g/mol. The molecule has 1 saturated carbocycles. The summed E-state index contributed by atoms with van der Waals surface area (Å²) in [6, 6.07) is 7.56. The molecule has 5 rings (SSSR count). The van der Waals surface area contributed by atoms with Crippen LogP contribution in [0.25, 0.3) is 5.69 Å². The fourth-order valence-electron chi connectivity index (χ4n) is 5.29. The van der Waals surface area contributed by atoms with Crippen LogP contribution >= 0.6 is 11.6 Å². The maximum absolute atomic E-state index is 15.0. The number of benzene rings is 2. The van der Waals surface area contributed by atoms with E-state index in [9.17, 15) is 9.18 Å². The minimum atomic E-state index is -0.561. The zero-order valence-electron chi connectivity index (χ0n) is 17.9. The third kappa shape index (κ3) is 3.85. The number of imidazole rings is 1. The predicted molar refractivity (Wildman–Crippen MR) is 120 cm³/mol. The summed E-state index contributed by atoms with van der Waals surface area (Å²) in [6.45, 7) is 0. The maximum Gasteiger partial charge on any atom is 0.332 e. The number of hydrogen-bond donors (Lipinski definition) is 0. The Bertz CT molecular complexity index is 1210. The van der Waals surface area contributed by atoms with E-state index < -0.39 is 11.9 Å². The molecule has 4 nitrogen and oxygen atoms in total. The van der Waals surface area contributed by atoms with Crippen molar-refractivity contribution < 1.29 is 13.5 Å². The van der Waals surface area contributed by atoms with Gasteiger partial charge in [0.15, 0.2) is 11.6 Å². The molecule has 2 aliphatic carbocycles. The van der Waals surface area contributed by atoms with E-state index in [2.05, 4.69) is 0 Å². The van der Waals surface area contributed by atoms with E-state index >= 15 is 4.39 Å². The van der Waals surface area contributed by atoms with Crippen molar-refractivity contribution in [2.45, 2.75) is 44.6 Å².